The van der Waals surface area contributed by atoms with Gasteiger partial charge in [-0.05, 0) is 24.1 Å². The summed E-state index contributed by atoms with van der Waals surface area (Å²) in [7, 11) is 1.87. The van der Waals surface area contributed by atoms with Crippen LogP contribution >= 0.6 is 11.6 Å². The van der Waals surface area contributed by atoms with E-state index in [-0.39, 0.29) is 5.91 Å². The van der Waals surface area contributed by atoms with Crippen molar-refractivity contribution in [3.8, 4) is 11.3 Å². The van der Waals surface area contributed by atoms with E-state index < -0.39 is 0 Å². The Morgan fingerprint density at radius 3 is 2.66 bits per heavy atom. The number of fused-ring (bicyclic) bond motifs is 1. The van der Waals surface area contributed by atoms with Crippen LogP contribution in [0.15, 0.2) is 48.5 Å². The highest BCUT2D eigenvalue weighted by atomic mass is 35.5. The number of nitrogens with one attached hydrogen (secondary N) is 1. The van der Waals surface area contributed by atoms with Gasteiger partial charge in [-0.2, -0.15) is 0 Å². The first kappa shape index (κ1) is 20.0. The van der Waals surface area contributed by atoms with Gasteiger partial charge in [0, 0.05) is 49.0 Å². The molecule has 0 bridgehead atoms. The number of amides is 1. The largest absolute Gasteiger partial charge is 0.379 e. The molecular formula is C23H26ClN3O2. The minimum atomic E-state index is 0.00137. The maximum Gasteiger partial charge on any atom is 0.270 e. The number of carbonyl (C=O) groups excluding carboxylic acids is 1. The molecule has 5 nitrogen and oxygen atoms in total. The van der Waals surface area contributed by atoms with Crippen LogP contribution < -0.4 is 0 Å². The number of carbonyl (C=O) groups is 1. The fourth-order valence-electron chi connectivity index (χ4n) is 3.85. The number of halogens is 1. The van der Waals surface area contributed by atoms with E-state index >= 15 is 0 Å². The predicted molar refractivity (Wildman–Crippen MR) is 118 cm³/mol. The summed E-state index contributed by atoms with van der Waals surface area (Å²) in [5.74, 6) is 0.00137. The highest BCUT2D eigenvalue weighted by Crippen LogP contribution is 2.33. The van der Waals surface area contributed by atoms with E-state index in [4.69, 9.17) is 16.3 Å². The van der Waals surface area contributed by atoms with Crippen LogP contribution in [0.1, 0.15) is 16.9 Å². The number of hydrogen-bond donors (Lipinski definition) is 1. The van der Waals surface area contributed by atoms with Gasteiger partial charge in [-0.1, -0.05) is 48.0 Å². The molecule has 2 aromatic carbocycles. The summed E-state index contributed by atoms with van der Waals surface area (Å²) >= 11 is 6.25. The van der Waals surface area contributed by atoms with Crippen molar-refractivity contribution in [3.63, 3.8) is 0 Å². The molecule has 1 aliphatic rings. The second-order valence-electron chi connectivity index (χ2n) is 7.47. The van der Waals surface area contributed by atoms with Crippen LogP contribution in [0.25, 0.3) is 22.0 Å². The molecule has 29 heavy (non-hydrogen) atoms. The number of H-pyrrole nitrogens is 1. The summed E-state index contributed by atoms with van der Waals surface area (Å²) in [6.07, 6.45) is 0.943. The lowest BCUT2D eigenvalue weighted by atomic mass is 10.1. The van der Waals surface area contributed by atoms with E-state index in [2.05, 4.69) is 9.88 Å². The summed E-state index contributed by atoms with van der Waals surface area (Å²) in [6.45, 7) is 5.24. The van der Waals surface area contributed by atoms with Gasteiger partial charge in [-0.3, -0.25) is 9.69 Å². The number of rotatable bonds is 6. The van der Waals surface area contributed by atoms with Crippen molar-refractivity contribution in [1.82, 2.24) is 14.8 Å². The Balaban J connectivity index is 1.54. The maximum atomic E-state index is 13.2. The van der Waals surface area contributed by atoms with Crippen LogP contribution in [0.2, 0.25) is 5.02 Å². The topological polar surface area (TPSA) is 48.6 Å². The van der Waals surface area contributed by atoms with Crippen LogP contribution in [-0.2, 0) is 4.74 Å². The number of aromatic nitrogens is 1. The lowest BCUT2D eigenvalue weighted by Gasteiger charge is -2.27. The molecular weight excluding hydrogens is 386 g/mol. The third-order valence-corrected chi connectivity index (χ3v) is 5.70. The second kappa shape index (κ2) is 8.99. The van der Waals surface area contributed by atoms with Crippen LogP contribution in [0.4, 0.5) is 0 Å². The zero-order chi connectivity index (χ0) is 20.2. The summed E-state index contributed by atoms with van der Waals surface area (Å²) in [6, 6.07) is 15.7. The number of nitrogens with zero attached hydrogens (tertiary/aromatic N) is 2. The summed E-state index contributed by atoms with van der Waals surface area (Å²) < 4.78 is 5.39. The standard InChI is InChI=1S/C23H26ClN3O2/c1-26(10-5-11-27-12-14-29-15-13-27)23(28)22-19-9-8-18(24)16-20(19)21(25-22)17-6-3-2-4-7-17/h2-4,6-9,16,25H,5,10-15H2,1H3. The zero-order valence-corrected chi connectivity index (χ0v) is 17.4. The summed E-state index contributed by atoms with van der Waals surface area (Å²) in [5, 5.41) is 2.53. The Labute approximate surface area is 176 Å². The first-order chi connectivity index (χ1) is 14.1. The fraction of sp³-hybridized carbons (Fsp3) is 0.348. The van der Waals surface area contributed by atoms with Crippen molar-refractivity contribution in [2.45, 2.75) is 6.42 Å². The van der Waals surface area contributed by atoms with Crippen LogP contribution in [-0.4, -0.2) is 67.1 Å². The average molecular weight is 412 g/mol. The zero-order valence-electron chi connectivity index (χ0n) is 16.7. The van der Waals surface area contributed by atoms with Crippen molar-refractivity contribution in [3.05, 3.63) is 59.2 Å². The molecule has 0 aliphatic carbocycles. The molecule has 1 saturated heterocycles. The van der Waals surface area contributed by atoms with Crippen LogP contribution in [0, 0.1) is 0 Å². The third kappa shape index (κ3) is 4.47. The van der Waals surface area contributed by atoms with Crippen LogP contribution in [0.5, 0.6) is 0 Å². The molecule has 0 saturated carbocycles. The van der Waals surface area contributed by atoms with E-state index in [9.17, 15) is 4.79 Å². The highest BCUT2D eigenvalue weighted by molar-refractivity contribution is 6.31. The molecule has 0 spiro atoms. The number of aromatic amines is 1. The molecule has 1 amide bonds. The van der Waals surface area contributed by atoms with Crippen molar-refractivity contribution >= 4 is 28.3 Å². The van der Waals surface area contributed by atoms with E-state index in [0.717, 1.165) is 61.3 Å². The van der Waals surface area contributed by atoms with Gasteiger partial charge in [0.25, 0.3) is 5.91 Å². The number of hydrogen-bond acceptors (Lipinski definition) is 3. The SMILES string of the molecule is CN(CCCN1CCOCC1)C(=O)c1[nH]c(-c2ccccc2)c2cc(Cl)ccc12. The van der Waals surface area contributed by atoms with Crippen molar-refractivity contribution in [2.24, 2.45) is 0 Å². The van der Waals surface area contributed by atoms with Crippen molar-refractivity contribution in [2.75, 3.05) is 46.4 Å². The Hall–Kier alpha value is -2.34. The molecule has 1 aliphatic heterocycles. The summed E-state index contributed by atoms with van der Waals surface area (Å²) in [5.41, 5.74) is 2.58. The van der Waals surface area contributed by atoms with Gasteiger partial charge in [0.15, 0.2) is 0 Å². The maximum absolute atomic E-state index is 13.2. The molecule has 4 rings (SSSR count). The number of morpholine rings is 1. The highest BCUT2D eigenvalue weighted by Gasteiger charge is 2.20. The lowest BCUT2D eigenvalue weighted by Crippen LogP contribution is -2.38. The number of benzene rings is 2. The second-order valence-corrected chi connectivity index (χ2v) is 7.90. The fourth-order valence-corrected chi connectivity index (χ4v) is 4.02. The van der Waals surface area contributed by atoms with Gasteiger partial charge in [0.2, 0.25) is 0 Å². The van der Waals surface area contributed by atoms with Gasteiger partial charge < -0.3 is 14.6 Å². The minimum Gasteiger partial charge on any atom is -0.379 e. The average Bonchev–Trinajstić information content (AvgIpc) is 3.13. The Bertz CT molecular complexity index is 980. The van der Waals surface area contributed by atoms with E-state index in [0.29, 0.717) is 17.3 Å². The first-order valence-corrected chi connectivity index (χ1v) is 10.4. The van der Waals surface area contributed by atoms with Crippen molar-refractivity contribution < 1.29 is 9.53 Å². The molecule has 0 unspecified atom stereocenters. The van der Waals surface area contributed by atoms with Gasteiger partial charge in [0.1, 0.15) is 5.69 Å². The molecule has 1 fully saturated rings. The molecule has 6 heteroatoms. The van der Waals surface area contributed by atoms with E-state index in [1.54, 1.807) is 4.90 Å². The number of ether oxygens (including phenoxy) is 1. The Morgan fingerprint density at radius 1 is 1.14 bits per heavy atom. The minimum absolute atomic E-state index is 0.00137. The van der Waals surface area contributed by atoms with Gasteiger partial charge in [-0.15, -0.1) is 0 Å². The third-order valence-electron chi connectivity index (χ3n) is 5.46. The lowest BCUT2D eigenvalue weighted by molar-refractivity contribution is 0.0361. The molecule has 152 valence electrons. The molecule has 2 heterocycles. The molecule has 0 radical (unpaired) electrons. The molecule has 1 N–H and O–H groups in total. The van der Waals surface area contributed by atoms with Gasteiger partial charge in [-0.25, -0.2) is 0 Å². The summed E-state index contributed by atoms with van der Waals surface area (Å²) in [4.78, 5) is 20.8. The van der Waals surface area contributed by atoms with E-state index in [1.807, 2.05) is 55.6 Å². The smallest absolute Gasteiger partial charge is 0.270 e. The van der Waals surface area contributed by atoms with Gasteiger partial charge in [0.05, 0.1) is 18.9 Å². The molecule has 3 aromatic rings. The molecule has 0 atom stereocenters. The van der Waals surface area contributed by atoms with Crippen molar-refractivity contribution in [1.29, 1.82) is 0 Å². The monoisotopic (exact) mass is 411 g/mol. The van der Waals surface area contributed by atoms with E-state index in [1.165, 1.54) is 0 Å². The predicted octanol–water partition coefficient (Wildman–Crippen LogP) is 4.28. The first-order valence-electron chi connectivity index (χ1n) is 10.1. The normalized spacial score (nSPS) is 15.0. The van der Waals surface area contributed by atoms with Gasteiger partial charge >= 0.3 is 0 Å². The van der Waals surface area contributed by atoms with Crippen LogP contribution in [0.3, 0.4) is 0 Å². The quantitative estimate of drug-likeness (QED) is 0.658. The Morgan fingerprint density at radius 2 is 1.90 bits per heavy atom. The molecule has 1 aromatic heterocycles. The Kier molecular flexibility index (Phi) is 6.19.